The fourth-order valence-corrected chi connectivity index (χ4v) is 12.6. The summed E-state index contributed by atoms with van der Waals surface area (Å²) in [6.45, 7) is 27.9. The van der Waals surface area contributed by atoms with E-state index in [4.69, 9.17) is 0 Å². The number of carbonyl (C=O) groups is 12. The fraction of sp³-hybridized carbons (Fsp3) is 0.831. The predicted molar refractivity (Wildman–Crippen MR) is 370 cm³/mol. The number of Topliss-reactive ketones (excluding diaryl/α,β-unsaturated/α-hetero) is 1. The molecule has 12 atom stereocenters. The highest BCUT2D eigenvalue weighted by Gasteiger charge is 2.45. The quantitative estimate of drug-likeness (QED) is 0.0709. The molecule has 0 bridgehead atoms. The van der Waals surface area contributed by atoms with Gasteiger partial charge in [-0.25, -0.2) is 0 Å². The molecule has 0 radical (unpaired) electrons. The van der Waals surface area contributed by atoms with Crippen molar-refractivity contribution in [1.82, 2.24) is 55.6 Å². The van der Waals surface area contributed by atoms with E-state index in [9.17, 15) is 53.1 Å². The summed E-state index contributed by atoms with van der Waals surface area (Å²) in [5, 5.41) is 23.5. The van der Waals surface area contributed by atoms with E-state index in [0.717, 1.165) is 43.4 Å². The van der Waals surface area contributed by atoms with Crippen LogP contribution in [-0.2, 0) is 57.5 Å². The number of unbranched alkanes of at least 4 members (excludes halogenated alkanes) is 7. The van der Waals surface area contributed by atoms with Crippen LogP contribution < -0.4 is 21.3 Å². The van der Waals surface area contributed by atoms with Crippen LogP contribution in [0.5, 0.6) is 0 Å². The third-order valence-corrected chi connectivity index (χ3v) is 18.8. The van der Waals surface area contributed by atoms with Gasteiger partial charge in [0, 0.05) is 74.6 Å². The molecule has 5 N–H and O–H groups in total. The van der Waals surface area contributed by atoms with Crippen molar-refractivity contribution in [2.45, 2.75) is 268 Å². The highest BCUT2D eigenvalue weighted by Crippen LogP contribution is 2.28. The molecule has 0 saturated carbocycles. The van der Waals surface area contributed by atoms with Crippen molar-refractivity contribution in [3.63, 3.8) is 0 Å². The summed E-state index contributed by atoms with van der Waals surface area (Å²) in [4.78, 5) is 182. The minimum absolute atomic E-state index is 0.0918. The average molecular weight is 1340 g/mol. The molecule has 1 rings (SSSR count). The van der Waals surface area contributed by atoms with Gasteiger partial charge in [0.25, 0.3) is 0 Å². The van der Waals surface area contributed by atoms with Crippen molar-refractivity contribution in [2.75, 3.05) is 62.9 Å². The largest absolute Gasteiger partial charge is 0.373 e. The highest BCUT2D eigenvalue weighted by molar-refractivity contribution is 5.99. The Kier molecular flexibility index (Phi) is 38.2. The van der Waals surface area contributed by atoms with E-state index in [0.29, 0.717) is 19.3 Å². The molecule has 546 valence electrons. The lowest BCUT2D eigenvalue weighted by Gasteiger charge is -2.40. The molecule has 12 unspecified atom stereocenters. The molecule has 1 heterocycles. The molecule has 0 aliphatic carbocycles. The normalized spacial score (nSPS) is 26.2. The van der Waals surface area contributed by atoms with Gasteiger partial charge in [-0.15, -0.1) is 0 Å². The Morgan fingerprint density at radius 1 is 0.474 bits per heavy atom. The van der Waals surface area contributed by atoms with Gasteiger partial charge >= 0.3 is 0 Å². The zero-order valence-corrected chi connectivity index (χ0v) is 62.9. The zero-order chi connectivity index (χ0) is 73.2. The number of aliphatic hydroxyl groups is 1. The molecule has 1 aliphatic heterocycles. The molecule has 0 aromatic carbocycles. The Labute approximate surface area is 571 Å². The summed E-state index contributed by atoms with van der Waals surface area (Å²) in [6, 6.07) is -9.28. The summed E-state index contributed by atoms with van der Waals surface area (Å²) in [7, 11) is 12.1. The summed E-state index contributed by atoms with van der Waals surface area (Å²) in [6.07, 6.45) is 6.25. The molecule has 24 heteroatoms. The molecule has 0 aromatic rings. The number of rotatable bonds is 23. The van der Waals surface area contributed by atoms with Crippen LogP contribution in [0.15, 0.2) is 0 Å². The van der Waals surface area contributed by atoms with Crippen LogP contribution in [0.25, 0.3) is 0 Å². The van der Waals surface area contributed by atoms with Crippen molar-refractivity contribution in [2.24, 2.45) is 53.3 Å². The standard InChI is InChI=1S/C71H129N11O13/c1-25-50-48(15)61(85)52(26-2)74-63(87)51(35-33-31-29-27-28-30-32-34-36-57(83)76(17)18)67(91)82(24)71(95)60(47(13)14)81(23)69(93)56(40-45(9)10)80(22)68(92)55(39-44(7)8)77(19)58(84)41-72-62(86)49(16)73-64(88)53(37-42(3)4)79(21)70(94)59(46(11)12)75-65(89)54(38-43(5)6)78(20)66(50)90/h42-56,59-60,67,91H,25-41H2,1-24H3,(H,72,86)(H,73,88)(H,74,87)(H,75,89). The third kappa shape index (κ3) is 26.6. The maximum Gasteiger partial charge on any atom is 0.247 e. The van der Waals surface area contributed by atoms with Gasteiger partial charge in [0.2, 0.25) is 65.0 Å². The monoisotopic (exact) mass is 1340 g/mol. The van der Waals surface area contributed by atoms with E-state index in [1.54, 1.807) is 67.5 Å². The first-order chi connectivity index (χ1) is 44.1. The summed E-state index contributed by atoms with van der Waals surface area (Å²) < 4.78 is 0. The van der Waals surface area contributed by atoms with Gasteiger partial charge in [0.1, 0.15) is 48.5 Å². The van der Waals surface area contributed by atoms with Crippen LogP contribution in [-0.4, -0.2) is 228 Å². The molecule has 1 aliphatic rings. The molecule has 1 saturated heterocycles. The smallest absolute Gasteiger partial charge is 0.247 e. The Morgan fingerprint density at radius 3 is 1.36 bits per heavy atom. The van der Waals surface area contributed by atoms with Gasteiger partial charge in [-0.3, -0.25) is 57.5 Å². The Hall–Kier alpha value is -6.20. The number of amides is 11. The zero-order valence-electron chi connectivity index (χ0n) is 62.9. The highest BCUT2D eigenvalue weighted by atomic mass is 16.3. The fourth-order valence-electron chi connectivity index (χ4n) is 12.6. The van der Waals surface area contributed by atoms with Crippen molar-refractivity contribution in [1.29, 1.82) is 0 Å². The Morgan fingerprint density at radius 2 is 0.905 bits per heavy atom. The number of aliphatic hydroxyl groups excluding tert-OH is 1. The van der Waals surface area contributed by atoms with Crippen molar-refractivity contribution >= 4 is 70.8 Å². The first kappa shape index (κ1) is 86.8. The van der Waals surface area contributed by atoms with Crippen LogP contribution in [0.4, 0.5) is 0 Å². The van der Waals surface area contributed by atoms with Gasteiger partial charge in [0.05, 0.1) is 18.5 Å². The SMILES string of the molecule is CCC1NC(=O)C(CCCCCCCCCCC(=O)N(C)C)C(O)N(C)C(=O)C(C(C)C)N(C)C(=O)C(CC(C)C)N(C)C(=O)C(CC(C)C)N(C)C(=O)CNC(=O)C(C)NC(=O)C(CC(C)C)N(C)C(=O)C(C(C)C)NC(=O)C(CC(C)C)N(C)C(=O)C(CC)C(C)C1=O. The maximum absolute atomic E-state index is 15.1. The topological polar surface area (TPSA) is 296 Å². The molecular formula is C71H129N11O13. The molecule has 11 amide bonds. The van der Waals surface area contributed by atoms with Crippen LogP contribution >= 0.6 is 0 Å². The number of nitrogens with one attached hydrogen (secondary N) is 4. The van der Waals surface area contributed by atoms with E-state index < -0.39 is 156 Å². The van der Waals surface area contributed by atoms with E-state index in [1.807, 2.05) is 55.4 Å². The van der Waals surface area contributed by atoms with E-state index in [2.05, 4.69) is 21.3 Å². The van der Waals surface area contributed by atoms with Crippen molar-refractivity contribution in [3.05, 3.63) is 0 Å². The van der Waals surface area contributed by atoms with Crippen LogP contribution in [0.3, 0.4) is 0 Å². The molecule has 0 aromatic heterocycles. The summed E-state index contributed by atoms with van der Waals surface area (Å²) in [5.74, 6) is -11.6. The molecule has 24 nitrogen and oxygen atoms in total. The van der Waals surface area contributed by atoms with Gasteiger partial charge in [0.15, 0.2) is 5.78 Å². The summed E-state index contributed by atoms with van der Waals surface area (Å²) in [5.41, 5.74) is 0. The second-order valence-electron chi connectivity index (χ2n) is 29.5. The van der Waals surface area contributed by atoms with Crippen molar-refractivity contribution < 1.29 is 62.6 Å². The minimum atomic E-state index is -1.76. The van der Waals surface area contributed by atoms with Gasteiger partial charge in [-0.1, -0.05) is 149 Å². The molecule has 0 spiro atoms. The predicted octanol–water partition coefficient (Wildman–Crippen LogP) is 6.25. The first-order valence-corrected chi connectivity index (χ1v) is 35.3. The molecular weight excluding hydrogens is 1210 g/mol. The maximum atomic E-state index is 15.1. The van der Waals surface area contributed by atoms with Crippen LogP contribution in [0.2, 0.25) is 0 Å². The lowest BCUT2D eigenvalue weighted by molar-refractivity contribution is -0.160. The lowest BCUT2D eigenvalue weighted by Crippen LogP contribution is -2.61. The van der Waals surface area contributed by atoms with Crippen LogP contribution in [0.1, 0.15) is 214 Å². The number of nitrogens with zero attached hydrogens (tertiary/aromatic N) is 7. The van der Waals surface area contributed by atoms with E-state index in [-0.39, 0.29) is 74.5 Å². The second kappa shape index (κ2) is 41.8. The first-order valence-electron chi connectivity index (χ1n) is 35.3. The van der Waals surface area contributed by atoms with Crippen molar-refractivity contribution in [3.8, 4) is 0 Å². The number of carbonyl (C=O) groups excluding carboxylic acids is 12. The Balaban J connectivity index is 4.22. The second-order valence-corrected chi connectivity index (χ2v) is 29.5. The lowest BCUT2D eigenvalue weighted by atomic mass is 9.83. The minimum Gasteiger partial charge on any atom is -0.373 e. The number of ketones is 1. The third-order valence-electron chi connectivity index (χ3n) is 18.8. The number of hydrogen-bond donors (Lipinski definition) is 5. The average Bonchev–Trinajstić information content (AvgIpc) is 0.821. The summed E-state index contributed by atoms with van der Waals surface area (Å²) >= 11 is 0. The van der Waals surface area contributed by atoms with E-state index >= 15 is 9.59 Å². The Bertz CT molecular complexity index is 2520. The number of hydrogen-bond acceptors (Lipinski definition) is 13. The van der Waals surface area contributed by atoms with Gasteiger partial charge < -0.3 is 60.7 Å². The number of likely N-dealkylation sites (N-methyl/N-ethyl adjacent to an activating group) is 6. The molecule has 95 heavy (non-hydrogen) atoms. The van der Waals surface area contributed by atoms with Gasteiger partial charge in [-0.05, 0) is 93.8 Å². The van der Waals surface area contributed by atoms with E-state index in [1.165, 1.54) is 73.7 Å². The van der Waals surface area contributed by atoms with Gasteiger partial charge in [-0.2, -0.15) is 0 Å². The molecule has 1 fully saturated rings. The van der Waals surface area contributed by atoms with Crippen LogP contribution in [0, 0.1) is 53.3 Å².